The molecule has 0 aliphatic heterocycles. The van der Waals surface area contributed by atoms with E-state index in [4.69, 9.17) is 6.58 Å². The van der Waals surface area contributed by atoms with E-state index in [1.165, 1.54) is 6.08 Å². The van der Waals surface area contributed by atoms with Crippen molar-refractivity contribution in [2.24, 2.45) is 0 Å². The van der Waals surface area contributed by atoms with Gasteiger partial charge in [0.1, 0.15) is 0 Å². The van der Waals surface area contributed by atoms with Crippen LogP contribution in [0.2, 0.25) is 0 Å². The Labute approximate surface area is 91.1 Å². The van der Waals surface area contributed by atoms with E-state index in [9.17, 15) is 0 Å². The number of halogens is 2. The first-order valence-corrected chi connectivity index (χ1v) is 1.58. The standard InChI is InChI=1S/C5H7.2BrH.Zr/c1-3-5-4-2;;;/h1,3-5H,2H3;2*1H;/q-1;;;+3/p-2. The molecule has 0 rings (SSSR count). The third-order valence-corrected chi connectivity index (χ3v) is 0.304. The number of hydrogen-bond donors (Lipinski definition) is 0. The Morgan fingerprint density at radius 1 is 1.25 bits per heavy atom. The summed E-state index contributed by atoms with van der Waals surface area (Å²) in [6.07, 6.45) is 5.15. The van der Waals surface area contributed by atoms with Gasteiger partial charge >= 0.3 is 26.2 Å². The van der Waals surface area contributed by atoms with Gasteiger partial charge in [-0.1, -0.05) is 6.92 Å². The zero-order valence-corrected chi connectivity index (χ0v) is 10.2. The van der Waals surface area contributed by atoms with Crippen LogP contribution in [-0.2, 0) is 26.2 Å². The molecule has 0 N–H and O–H groups in total. The molecule has 0 amide bonds. The summed E-state index contributed by atoms with van der Waals surface area (Å²) in [5.41, 5.74) is 0. The summed E-state index contributed by atoms with van der Waals surface area (Å²) in [6.45, 7) is 6.85. The van der Waals surface area contributed by atoms with Gasteiger partial charge in [0.2, 0.25) is 0 Å². The molecule has 0 heterocycles. The SMILES string of the molecule is [Br-].[Br-].[CH-]=CC=CC.[Zr+3]. The fraction of sp³-hybridized carbons (Fsp3) is 0.200. The van der Waals surface area contributed by atoms with Gasteiger partial charge < -0.3 is 34.0 Å². The predicted molar refractivity (Wildman–Crippen MR) is 23.7 cm³/mol. The molecule has 0 aromatic rings. The van der Waals surface area contributed by atoms with Gasteiger partial charge in [-0.3, -0.25) is 6.58 Å². The van der Waals surface area contributed by atoms with Crippen LogP contribution in [0, 0.1) is 6.58 Å². The van der Waals surface area contributed by atoms with Crippen molar-refractivity contribution in [3.05, 3.63) is 24.8 Å². The second-order valence-corrected chi connectivity index (χ2v) is 0.718. The van der Waals surface area contributed by atoms with Crippen LogP contribution in [0.15, 0.2) is 18.2 Å². The molecule has 0 aliphatic carbocycles. The first-order valence-electron chi connectivity index (χ1n) is 1.58. The monoisotopic (exact) mass is 315 g/mol. The second-order valence-electron chi connectivity index (χ2n) is 0.718. The number of hydrogen-bond acceptors (Lipinski definition) is 0. The van der Waals surface area contributed by atoms with Gasteiger partial charge in [-0.15, -0.1) is 0 Å². The van der Waals surface area contributed by atoms with E-state index < -0.39 is 0 Å². The number of allylic oxidation sites excluding steroid dienone is 3. The molecule has 0 saturated heterocycles. The van der Waals surface area contributed by atoms with Gasteiger partial charge in [0.25, 0.3) is 0 Å². The summed E-state index contributed by atoms with van der Waals surface area (Å²) in [5.74, 6) is 0. The number of rotatable bonds is 1. The average molecular weight is 318 g/mol. The first-order chi connectivity index (χ1) is 2.41. The quantitative estimate of drug-likeness (QED) is 0.338. The van der Waals surface area contributed by atoms with Crippen LogP contribution in [0.5, 0.6) is 0 Å². The maximum Gasteiger partial charge on any atom is 3.00 e. The second kappa shape index (κ2) is 23.9. The molecule has 0 aromatic heterocycles. The van der Waals surface area contributed by atoms with Crippen molar-refractivity contribution in [3.63, 3.8) is 0 Å². The van der Waals surface area contributed by atoms with Crippen molar-refractivity contribution < 1.29 is 60.2 Å². The van der Waals surface area contributed by atoms with Crippen molar-refractivity contribution in [2.75, 3.05) is 0 Å². The van der Waals surface area contributed by atoms with Crippen LogP contribution < -0.4 is 34.0 Å². The summed E-state index contributed by atoms with van der Waals surface area (Å²) in [4.78, 5) is 0. The Balaban J connectivity index is -0.0000000267. The molecule has 1 radical (unpaired) electrons. The molecular formula is C5H7Br2Zr. The van der Waals surface area contributed by atoms with Crippen molar-refractivity contribution in [2.45, 2.75) is 6.92 Å². The predicted octanol–water partition coefficient (Wildman–Crippen LogP) is -4.44. The van der Waals surface area contributed by atoms with E-state index in [1.807, 2.05) is 13.0 Å². The van der Waals surface area contributed by atoms with Crippen molar-refractivity contribution >= 4 is 0 Å². The minimum absolute atomic E-state index is 0. The third kappa shape index (κ3) is 26.5. The molecule has 0 aromatic carbocycles. The van der Waals surface area contributed by atoms with Crippen LogP contribution in [-0.4, -0.2) is 0 Å². The summed E-state index contributed by atoms with van der Waals surface area (Å²) < 4.78 is 0. The molecule has 0 fully saturated rings. The van der Waals surface area contributed by atoms with E-state index in [-0.39, 0.29) is 60.2 Å². The van der Waals surface area contributed by atoms with Crippen LogP contribution in [0.3, 0.4) is 0 Å². The maximum absolute atomic E-state index is 4.93. The molecule has 0 bridgehead atoms. The van der Waals surface area contributed by atoms with Gasteiger partial charge in [0.15, 0.2) is 0 Å². The summed E-state index contributed by atoms with van der Waals surface area (Å²) in [7, 11) is 0. The third-order valence-electron chi connectivity index (χ3n) is 0.304. The fourth-order valence-corrected chi connectivity index (χ4v) is 0.111. The smallest absolute Gasteiger partial charge is 1.00 e. The fourth-order valence-electron chi connectivity index (χ4n) is 0.111. The van der Waals surface area contributed by atoms with E-state index in [1.54, 1.807) is 6.08 Å². The van der Waals surface area contributed by atoms with Crippen molar-refractivity contribution in [1.29, 1.82) is 0 Å². The Hall–Kier alpha value is 1.32. The van der Waals surface area contributed by atoms with Gasteiger partial charge in [-0.25, -0.2) is 12.2 Å². The van der Waals surface area contributed by atoms with Crippen molar-refractivity contribution in [1.82, 2.24) is 0 Å². The van der Waals surface area contributed by atoms with Crippen LogP contribution in [0.4, 0.5) is 0 Å². The normalized spacial score (nSPS) is 5.62. The molecule has 0 unspecified atom stereocenters. The van der Waals surface area contributed by atoms with Crippen LogP contribution >= 0.6 is 0 Å². The van der Waals surface area contributed by atoms with Gasteiger partial charge in [0.05, 0.1) is 0 Å². The summed E-state index contributed by atoms with van der Waals surface area (Å²) in [6, 6.07) is 0. The van der Waals surface area contributed by atoms with E-state index >= 15 is 0 Å². The largest absolute Gasteiger partial charge is 3.00 e. The Morgan fingerprint density at radius 3 is 1.62 bits per heavy atom. The van der Waals surface area contributed by atoms with Gasteiger partial charge in [-0.05, 0) is 0 Å². The molecule has 0 nitrogen and oxygen atoms in total. The van der Waals surface area contributed by atoms with Gasteiger partial charge in [0, 0.05) is 0 Å². The zero-order valence-electron chi connectivity index (χ0n) is 4.57. The van der Waals surface area contributed by atoms with E-state index in [0.717, 1.165) is 0 Å². The molecular weight excluding hydrogens is 311 g/mol. The molecule has 0 atom stereocenters. The van der Waals surface area contributed by atoms with Crippen molar-refractivity contribution in [3.8, 4) is 0 Å². The average Bonchev–Trinajstić information content (AvgIpc) is 1.41. The summed E-state index contributed by atoms with van der Waals surface area (Å²) in [5, 5.41) is 0. The molecule has 8 heavy (non-hydrogen) atoms. The minimum atomic E-state index is 0. The Kier molecular flexibility index (Phi) is 68.0. The molecule has 0 spiro atoms. The zero-order chi connectivity index (χ0) is 4.12. The van der Waals surface area contributed by atoms with Crippen LogP contribution in [0.1, 0.15) is 6.92 Å². The maximum atomic E-state index is 4.93. The minimum Gasteiger partial charge on any atom is -1.00 e. The molecule has 0 aliphatic rings. The van der Waals surface area contributed by atoms with Crippen LogP contribution in [0.25, 0.3) is 0 Å². The van der Waals surface area contributed by atoms with Gasteiger partial charge in [-0.2, -0.15) is 6.08 Å². The summed E-state index contributed by atoms with van der Waals surface area (Å²) >= 11 is 0. The topological polar surface area (TPSA) is 0 Å². The first kappa shape index (κ1) is 22.8. The molecule has 0 saturated carbocycles. The van der Waals surface area contributed by atoms with E-state index in [0.29, 0.717) is 0 Å². The van der Waals surface area contributed by atoms with E-state index in [2.05, 4.69) is 0 Å². The molecule has 45 valence electrons. The Morgan fingerprint density at radius 2 is 1.62 bits per heavy atom. The Bertz CT molecular complexity index is 52.4. The molecule has 3 heteroatoms.